The van der Waals surface area contributed by atoms with Crippen molar-refractivity contribution in [1.82, 2.24) is 18.9 Å². The van der Waals surface area contributed by atoms with Crippen LogP contribution >= 0.6 is 11.5 Å². The molecule has 2 aromatic rings. The first-order valence-corrected chi connectivity index (χ1v) is 6.91. The molecule has 110 valence electrons. The Labute approximate surface area is 122 Å². The molecule has 0 aliphatic carbocycles. The van der Waals surface area contributed by atoms with Gasteiger partial charge in [-0.1, -0.05) is 0 Å². The largest absolute Gasteiger partial charge is 0.480 e. The van der Waals surface area contributed by atoms with Gasteiger partial charge >= 0.3 is 11.9 Å². The van der Waals surface area contributed by atoms with E-state index in [-0.39, 0.29) is 18.0 Å². The lowest BCUT2D eigenvalue weighted by molar-refractivity contribution is -0.139. The lowest BCUT2D eigenvalue weighted by Crippen LogP contribution is -2.44. The quantitative estimate of drug-likeness (QED) is 0.823. The number of anilines is 1. The van der Waals surface area contributed by atoms with Crippen LogP contribution in [0.25, 0.3) is 5.95 Å². The number of carboxylic acids is 2. The fourth-order valence-electron chi connectivity index (χ4n) is 2.36. The summed E-state index contributed by atoms with van der Waals surface area (Å²) in [6.07, 6.45) is 5.27. The second kappa shape index (κ2) is 5.13. The van der Waals surface area contributed by atoms with Gasteiger partial charge in [0.15, 0.2) is 0 Å². The third-order valence-corrected chi connectivity index (χ3v) is 4.04. The summed E-state index contributed by atoms with van der Waals surface area (Å²) < 4.78 is 5.69. The molecular formula is C11H11N5O4S. The molecule has 3 heterocycles. The molecule has 0 amide bonds. The Hall–Kier alpha value is -2.49. The molecule has 1 fully saturated rings. The second-order valence-corrected chi connectivity index (χ2v) is 5.27. The summed E-state index contributed by atoms with van der Waals surface area (Å²) in [5.74, 6) is -1.77. The van der Waals surface area contributed by atoms with E-state index in [1.807, 2.05) is 0 Å². The minimum Gasteiger partial charge on any atom is -0.480 e. The van der Waals surface area contributed by atoms with Gasteiger partial charge in [0.25, 0.3) is 0 Å². The standard InChI is InChI=1S/C11H11N5O4S/c17-8(18)6-1-2-7(9(19)20)16(6)11-13-10(14-21-11)15-4-3-12-5-15/h3-7H,1-2H2,(H,17,18)(H,19,20). The van der Waals surface area contributed by atoms with Crippen molar-refractivity contribution in [3.63, 3.8) is 0 Å². The fraction of sp³-hybridized carbons (Fsp3) is 0.364. The molecule has 0 aromatic carbocycles. The van der Waals surface area contributed by atoms with Crippen LogP contribution in [0.15, 0.2) is 18.7 Å². The van der Waals surface area contributed by atoms with Crippen molar-refractivity contribution in [2.75, 3.05) is 4.90 Å². The van der Waals surface area contributed by atoms with E-state index in [0.717, 1.165) is 11.5 Å². The smallest absolute Gasteiger partial charge is 0.326 e. The monoisotopic (exact) mass is 309 g/mol. The number of aromatic nitrogens is 4. The highest BCUT2D eigenvalue weighted by Crippen LogP contribution is 2.32. The Morgan fingerprint density at radius 2 is 1.90 bits per heavy atom. The summed E-state index contributed by atoms with van der Waals surface area (Å²) in [5, 5.41) is 18.8. The zero-order valence-electron chi connectivity index (χ0n) is 10.7. The van der Waals surface area contributed by atoms with E-state index in [1.54, 1.807) is 17.0 Å². The predicted molar refractivity (Wildman–Crippen MR) is 71.6 cm³/mol. The zero-order chi connectivity index (χ0) is 15.0. The highest BCUT2D eigenvalue weighted by Gasteiger charge is 2.43. The Balaban J connectivity index is 1.95. The molecule has 0 bridgehead atoms. The molecule has 3 rings (SSSR count). The SMILES string of the molecule is O=C(O)C1CCC(C(=O)O)N1c1nc(-n2ccnc2)ns1. The van der Waals surface area contributed by atoms with Gasteiger partial charge in [-0.3, -0.25) is 4.57 Å². The van der Waals surface area contributed by atoms with E-state index in [9.17, 15) is 19.8 Å². The first-order chi connectivity index (χ1) is 10.1. The molecule has 2 atom stereocenters. The van der Waals surface area contributed by atoms with Gasteiger partial charge in [-0.2, -0.15) is 9.36 Å². The molecule has 1 saturated heterocycles. The molecule has 2 unspecified atom stereocenters. The number of carbonyl (C=O) groups is 2. The minimum absolute atomic E-state index is 0.270. The maximum Gasteiger partial charge on any atom is 0.326 e. The molecule has 0 radical (unpaired) electrons. The van der Waals surface area contributed by atoms with Crippen molar-refractivity contribution < 1.29 is 19.8 Å². The lowest BCUT2D eigenvalue weighted by atomic mass is 10.2. The Bertz CT molecular complexity index is 648. The molecular weight excluding hydrogens is 298 g/mol. The molecule has 21 heavy (non-hydrogen) atoms. The topological polar surface area (TPSA) is 121 Å². The number of imidazole rings is 1. The Morgan fingerprint density at radius 3 is 2.43 bits per heavy atom. The summed E-state index contributed by atoms with van der Waals surface area (Å²) in [7, 11) is 0. The number of nitrogens with zero attached hydrogens (tertiary/aromatic N) is 5. The third kappa shape index (κ3) is 2.33. The van der Waals surface area contributed by atoms with Crippen LogP contribution in [0.5, 0.6) is 0 Å². The van der Waals surface area contributed by atoms with E-state index >= 15 is 0 Å². The number of hydrogen-bond donors (Lipinski definition) is 2. The first-order valence-electron chi connectivity index (χ1n) is 6.14. The van der Waals surface area contributed by atoms with Gasteiger partial charge in [-0.05, 0) is 12.8 Å². The van der Waals surface area contributed by atoms with Crippen LogP contribution in [0, 0.1) is 0 Å². The van der Waals surface area contributed by atoms with Crippen LogP contribution in [-0.4, -0.2) is 53.1 Å². The summed E-state index contributed by atoms with van der Waals surface area (Å²) in [6, 6.07) is -1.79. The molecule has 2 N–H and O–H groups in total. The van der Waals surface area contributed by atoms with Gasteiger partial charge in [0.2, 0.25) is 11.1 Å². The maximum absolute atomic E-state index is 11.3. The number of rotatable bonds is 4. The van der Waals surface area contributed by atoms with Gasteiger partial charge in [0, 0.05) is 23.9 Å². The normalized spacial score (nSPS) is 21.6. The van der Waals surface area contributed by atoms with Crippen LogP contribution in [0.2, 0.25) is 0 Å². The van der Waals surface area contributed by atoms with E-state index in [2.05, 4.69) is 14.3 Å². The summed E-state index contributed by atoms with van der Waals surface area (Å²) in [5.41, 5.74) is 0. The molecule has 0 saturated carbocycles. The minimum atomic E-state index is -1.06. The van der Waals surface area contributed by atoms with Crippen molar-refractivity contribution in [3.8, 4) is 5.95 Å². The molecule has 9 nitrogen and oxygen atoms in total. The van der Waals surface area contributed by atoms with E-state index in [0.29, 0.717) is 5.95 Å². The van der Waals surface area contributed by atoms with Crippen LogP contribution in [-0.2, 0) is 9.59 Å². The molecule has 2 aromatic heterocycles. The molecule has 1 aliphatic heterocycles. The zero-order valence-corrected chi connectivity index (χ0v) is 11.5. The Morgan fingerprint density at radius 1 is 1.24 bits per heavy atom. The first kappa shape index (κ1) is 13.5. The van der Waals surface area contributed by atoms with Gasteiger partial charge in [-0.15, -0.1) is 0 Å². The highest BCUT2D eigenvalue weighted by molar-refractivity contribution is 7.09. The third-order valence-electron chi connectivity index (χ3n) is 3.32. The fourth-order valence-corrected chi connectivity index (χ4v) is 3.13. The average molecular weight is 309 g/mol. The Kier molecular flexibility index (Phi) is 3.29. The summed E-state index contributed by atoms with van der Waals surface area (Å²) >= 11 is 0.977. The van der Waals surface area contributed by atoms with E-state index in [1.165, 1.54) is 11.2 Å². The summed E-state index contributed by atoms with van der Waals surface area (Å²) in [4.78, 5) is 32.0. The van der Waals surface area contributed by atoms with Crippen molar-refractivity contribution in [3.05, 3.63) is 18.7 Å². The average Bonchev–Trinajstić information content (AvgIpc) is 3.17. The van der Waals surface area contributed by atoms with Crippen LogP contribution in [0.4, 0.5) is 5.13 Å². The number of aliphatic carboxylic acids is 2. The number of carboxylic acid groups (broad SMARTS) is 2. The highest BCUT2D eigenvalue weighted by atomic mass is 32.1. The van der Waals surface area contributed by atoms with Crippen molar-refractivity contribution in [2.24, 2.45) is 0 Å². The lowest BCUT2D eigenvalue weighted by Gasteiger charge is -2.24. The van der Waals surface area contributed by atoms with Gasteiger partial charge < -0.3 is 15.1 Å². The molecule has 1 aliphatic rings. The molecule has 0 spiro atoms. The van der Waals surface area contributed by atoms with Gasteiger partial charge in [0.1, 0.15) is 18.4 Å². The second-order valence-electron chi connectivity index (χ2n) is 4.54. The van der Waals surface area contributed by atoms with E-state index < -0.39 is 24.0 Å². The van der Waals surface area contributed by atoms with Crippen molar-refractivity contribution >= 4 is 28.6 Å². The van der Waals surface area contributed by atoms with Gasteiger partial charge in [-0.25, -0.2) is 14.6 Å². The van der Waals surface area contributed by atoms with E-state index in [4.69, 9.17) is 0 Å². The van der Waals surface area contributed by atoms with Gasteiger partial charge in [0.05, 0.1) is 0 Å². The van der Waals surface area contributed by atoms with Crippen molar-refractivity contribution in [1.29, 1.82) is 0 Å². The van der Waals surface area contributed by atoms with Crippen LogP contribution in [0.1, 0.15) is 12.8 Å². The van der Waals surface area contributed by atoms with Crippen LogP contribution in [0.3, 0.4) is 0 Å². The predicted octanol–water partition coefficient (Wildman–Crippen LogP) is 0.230. The van der Waals surface area contributed by atoms with Crippen LogP contribution < -0.4 is 4.90 Å². The van der Waals surface area contributed by atoms with Crippen molar-refractivity contribution in [2.45, 2.75) is 24.9 Å². The molecule has 10 heteroatoms. The maximum atomic E-state index is 11.3. The summed E-state index contributed by atoms with van der Waals surface area (Å²) in [6.45, 7) is 0. The number of hydrogen-bond acceptors (Lipinski definition) is 7.